The summed E-state index contributed by atoms with van der Waals surface area (Å²) in [5.74, 6) is -0.653. The Bertz CT molecular complexity index is 717. The highest BCUT2D eigenvalue weighted by atomic mass is 16.5. The van der Waals surface area contributed by atoms with Gasteiger partial charge in [0.25, 0.3) is 0 Å². The van der Waals surface area contributed by atoms with E-state index in [1.807, 2.05) is 12.2 Å². The zero-order chi connectivity index (χ0) is 18.0. The number of rotatable bonds is 5. The van der Waals surface area contributed by atoms with Crippen molar-refractivity contribution in [3.63, 3.8) is 0 Å². The number of benzene rings is 1. The molecule has 1 fully saturated rings. The molecule has 1 N–H and O–H groups in total. The molecule has 1 aromatic carbocycles. The minimum absolute atomic E-state index is 0.271. The van der Waals surface area contributed by atoms with Crippen molar-refractivity contribution in [3.05, 3.63) is 30.4 Å². The fraction of sp³-hybridized carbons (Fsp3) is 0.389. The van der Waals surface area contributed by atoms with Gasteiger partial charge in [0.15, 0.2) is 0 Å². The lowest BCUT2D eigenvalue weighted by Crippen LogP contribution is -2.38. The summed E-state index contributed by atoms with van der Waals surface area (Å²) in [7, 11) is 3.01. The molecule has 7 heteroatoms. The molecule has 0 unspecified atom stereocenters. The minimum Gasteiger partial charge on any atom is -0.497 e. The quantitative estimate of drug-likeness (QED) is 0.648. The van der Waals surface area contributed by atoms with Gasteiger partial charge in [0, 0.05) is 6.07 Å². The number of hydrogen-bond acceptors (Lipinski definition) is 5. The van der Waals surface area contributed by atoms with Crippen LogP contribution in [0.2, 0.25) is 0 Å². The van der Waals surface area contributed by atoms with Crippen LogP contribution >= 0.6 is 0 Å². The number of carbonyl (C=O) groups excluding carboxylic acids is 3. The number of carbonyl (C=O) groups is 3. The summed E-state index contributed by atoms with van der Waals surface area (Å²) in [4.78, 5) is 38.2. The number of amides is 3. The Labute approximate surface area is 145 Å². The average Bonchev–Trinajstić information content (AvgIpc) is 2.87. The lowest BCUT2D eigenvalue weighted by Gasteiger charge is -2.16. The summed E-state index contributed by atoms with van der Waals surface area (Å²) in [6, 6.07) is 4.99. The summed E-state index contributed by atoms with van der Waals surface area (Å²) in [5.41, 5.74) is 0.421. The number of nitrogens with one attached hydrogen (secondary N) is 1. The van der Waals surface area contributed by atoms with Crippen LogP contribution < -0.4 is 14.8 Å². The Hall–Kier alpha value is -2.83. The normalized spacial score (nSPS) is 21.9. The highest BCUT2D eigenvalue weighted by Gasteiger charge is 2.47. The minimum atomic E-state index is -0.458. The van der Waals surface area contributed by atoms with Crippen molar-refractivity contribution < 1.29 is 23.9 Å². The third kappa shape index (κ3) is 3.22. The van der Waals surface area contributed by atoms with Gasteiger partial charge in [-0.25, -0.2) is 0 Å². The summed E-state index contributed by atoms with van der Waals surface area (Å²) in [6.07, 6.45) is 4.93. The van der Waals surface area contributed by atoms with Gasteiger partial charge in [-0.1, -0.05) is 12.2 Å². The maximum atomic E-state index is 12.4. The smallest absolute Gasteiger partial charge is 0.244 e. The summed E-state index contributed by atoms with van der Waals surface area (Å²) >= 11 is 0. The number of fused-ring (bicyclic) bond motifs is 1. The largest absolute Gasteiger partial charge is 0.497 e. The Balaban J connectivity index is 1.71. The van der Waals surface area contributed by atoms with Gasteiger partial charge in [-0.05, 0) is 25.0 Å². The molecule has 0 radical (unpaired) electrons. The van der Waals surface area contributed by atoms with Gasteiger partial charge in [-0.2, -0.15) is 0 Å². The second-order valence-electron chi connectivity index (χ2n) is 6.03. The van der Waals surface area contributed by atoms with Gasteiger partial charge in [0.2, 0.25) is 17.7 Å². The molecule has 0 spiro atoms. The van der Waals surface area contributed by atoms with E-state index in [4.69, 9.17) is 9.47 Å². The van der Waals surface area contributed by atoms with Crippen LogP contribution in [0.1, 0.15) is 12.8 Å². The zero-order valence-corrected chi connectivity index (χ0v) is 14.2. The maximum absolute atomic E-state index is 12.4. The van der Waals surface area contributed by atoms with Crippen molar-refractivity contribution in [2.45, 2.75) is 12.8 Å². The van der Waals surface area contributed by atoms with E-state index in [9.17, 15) is 14.4 Å². The molecule has 1 heterocycles. The highest BCUT2D eigenvalue weighted by molar-refractivity contribution is 6.09. The molecule has 2 aliphatic rings. The predicted octanol–water partition coefficient (Wildman–Crippen LogP) is 1.59. The van der Waals surface area contributed by atoms with Crippen molar-refractivity contribution in [1.82, 2.24) is 4.90 Å². The topological polar surface area (TPSA) is 84.9 Å². The third-order valence-electron chi connectivity index (χ3n) is 4.58. The average molecular weight is 344 g/mol. The molecule has 132 valence electrons. The molecule has 3 rings (SSSR count). The first kappa shape index (κ1) is 17.0. The molecule has 0 bridgehead atoms. The number of anilines is 1. The molecule has 1 aliphatic heterocycles. The van der Waals surface area contributed by atoms with E-state index in [-0.39, 0.29) is 30.2 Å². The Morgan fingerprint density at radius 1 is 1.12 bits per heavy atom. The van der Waals surface area contributed by atoms with Gasteiger partial charge < -0.3 is 14.8 Å². The first-order valence-electron chi connectivity index (χ1n) is 8.07. The zero-order valence-electron chi connectivity index (χ0n) is 14.2. The molecule has 1 aliphatic carbocycles. The van der Waals surface area contributed by atoms with E-state index in [2.05, 4.69) is 5.32 Å². The molecule has 2 atom stereocenters. The summed E-state index contributed by atoms with van der Waals surface area (Å²) in [5, 5.41) is 2.68. The number of likely N-dealkylation sites (tertiary alicyclic amines) is 1. The van der Waals surface area contributed by atoms with Gasteiger partial charge in [-0.15, -0.1) is 0 Å². The third-order valence-corrected chi connectivity index (χ3v) is 4.58. The number of methoxy groups -OCH3 is 2. The first-order valence-corrected chi connectivity index (χ1v) is 8.07. The van der Waals surface area contributed by atoms with Crippen molar-refractivity contribution in [1.29, 1.82) is 0 Å². The van der Waals surface area contributed by atoms with Gasteiger partial charge >= 0.3 is 0 Å². The molecule has 1 saturated heterocycles. The van der Waals surface area contributed by atoms with E-state index >= 15 is 0 Å². The molecule has 7 nitrogen and oxygen atoms in total. The van der Waals surface area contributed by atoms with E-state index in [1.54, 1.807) is 18.2 Å². The summed E-state index contributed by atoms with van der Waals surface area (Å²) in [6.45, 7) is -0.301. The SMILES string of the molecule is COc1ccc(OC)c(NC(=O)CN2C(=O)[C@@H]3CC=CC[C@H]3C2=O)c1. The van der Waals surface area contributed by atoms with E-state index in [1.165, 1.54) is 14.2 Å². The monoisotopic (exact) mass is 344 g/mol. The van der Waals surface area contributed by atoms with Crippen LogP contribution in [0.5, 0.6) is 11.5 Å². The first-order chi connectivity index (χ1) is 12.0. The number of ether oxygens (including phenoxy) is 2. The van der Waals surface area contributed by atoms with Crippen LogP contribution in [0, 0.1) is 11.8 Å². The fourth-order valence-corrected chi connectivity index (χ4v) is 3.27. The molecule has 3 amide bonds. The molecular weight excluding hydrogens is 324 g/mol. The highest BCUT2D eigenvalue weighted by Crippen LogP contribution is 2.35. The number of hydrogen-bond donors (Lipinski definition) is 1. The van der Waals surface area contributed by atoms with Crippen molar-refractivity contribution in [2.24, 2.45) is 11.8 Å². The maximum Gasteiger partial charge on any atom is 0.244 e. The van der Waals surface area contributed by atoms with Crippen LogP contribution in [0.4, 0.5) is 5.69 Å². The van der Waals surface area contributed by atoms with Crippen LogP contribution in [0.25, 0.3) is 0 Å². The second kappa shape index (κ2) is 6.96. The van der Waals surface area contributed by atoms with E-state index in [0.717, 1.165) is 4.90 Å². The molecule has 1 aromatic rings. The lowest BCUT2D eigenvalue weighted by molar-refractivity contribution is -0.142. The standard InChI is InChI=1S/C18H20N2O5/c1-24-11-7-8-15(25-2)14(9-11)19-16(21)10-20-17(22)12-5-3-4-6-13(12)18(20)23/h3-4,7-9,12-13H,5-6,10H2,1-2H3,(H,19,21)/t12-,13-/m1/s1. The second-order valence-corrected chi connectivity index (χ2v) is 6.03. The summed E-state index contributed by atoms with van der Waals surface area (Å²) < 4.78 is 10.3. The van der Waals surface area contributed by atoms with E-state index in [0.29, 0.717) is 30.0 Å². The van der Waals surface area contributed by atoms with Crippen molar-refractivity contribution in [2.75, 3.05) is 26.1 Å². The molecule has 25 heavy (non-hydrogen) atoms. The Morgan fingerprint density at radius 2 is 1.76 bits per heavy atom. The van der Waals surface area contributed by atoms with Gasteiger partial charge in [0.05, 0.1) is 31.7 Å². The lowest BCUT2D eigenvalue weighted by atomic mass is 9.85. The van der Waals surface area contributed by atoms with Crippen LogP contribution in [0.15, 0.2) is 30.4 Å². The number of nitrogens with zero attached hydrogens (tertiary/aromatic N) is 1. The Morgan fingerprint density at radius 3 is 2.32 bits per heavy atom. The number of allylic oxidation sites excluding steroid dienone is 2. The predicted molar refractivity (Wildman–Crippen MR) is 90.2 cm³/mol. The Kier molecular flexibility index (Phi) is 4.74. The van der Waals surface area contributed by atoms with Crippen LogP contribution in [-0.4, -0.2) is 43.4 Å². The van der Waals surface area contributed by atoms with Crippen LogP contribution in [-0.2, 0) is 14.4 Å². The number of imide groups is 1. The molecule has 0 saturated carbocycles. The molecule has 0 aromatic heterocycles. The molecular formula is C18H20N2O5. The van der Waals surface area contributed by atoms with E-state index < -0.39 is 5.91 Å². The van der Waals surface area contributed by atoms with Crippen molar-refractivity contribution >= 4 is 23.4 Å². The van der Waals surface area contributed by atoms with Crippen molar-refractivity contribution in [3.8, 4) is 11.5 Å². The van der Waals surface area contributed by atoms with Gasteiger partial charge in [0.1, 0.15) is 18.0 Å². The fourth-order valence-electron chi connectivity index (χ4n) is 3.27. The van der Waals surface area contributed by atoms with Crippen LogP contribution in [0.3, 0.4) is 0 Å². The van der Waals surface area contributed by atoms with Gasteiger partial charge in [-0.3, -0.25) is 19.3 Å².